The number of nitrogens with zero attached hydrogens (tertiary/aromatic N) is 3. The van der Waals surface area contributed by atoms with Crippen LogP contribution >= 0.6 is 0 Å². The second kappa shape index (κ2) is 11.9. The molecule has 0 aliphatic carbocycles. The van der Waals surface area contributed by atoms with Crippen molar-refractivity contribution in [2.75, 3.05) is 26.7 Å². The number of benzene rings is 1. The van der Waals surface area contributed by atoms with E-state index >= 15 is 0 Å². The Kier molecular flexibility index (Phi) is 9.12. The Morgan fingerprint density at radius 3 is 2.69 bits per heavy atom. The van der Waals surface area contributed by atoms with Gasteiger partial charge in [-0.15, -0.1) is 0 Å². The molecule has 0 saturated heterocycles. The van der Waals surface area contributed by atoms with E-state index in [1.807, 2.05) is 6.92 Å². The Labute approximate surface area is 214 Å². The van der Waals surface area contributed by atoms with E-state index in [2.05, 4.69) is 30.7 Å². The minimum absolute atomic E-state index is 0.0235. The van der Waals surface area contributed by atoms with Gasteiger partial charge < -0.3 is 14.7 Å². The van der Waals surface area contributed by atoms with E-state index in [0.717, 1.165) is 6.42 Å². The van der Waals surface area contributed by atoms with Crippen molar-refractivity contribution in [3.63, 3.8) is 0 Å². The number of hydrogen-bond donors (Lipinski definition) is 1. The molecular weight excluding hydrogens is 478 g/mol. The maximum Gasteiger partial charge on any atom is 0.255 e. The van der Waals surface area contributed by atoms with Gasteiger partial charge in [0, 0.05) is 49.9 Å². The van der Waals surface area contributed by atoms with Crippen molar-refractivity contribution >= 4 is 15.9 Å². The molecule has 9 heteroatoms. The third-order valence-corrected chi connectivity index (χ3v) is 8.14. The van der Waals surface area contributed by atoms with Gasteiger partial charge in [-0.1, -0.05) is 32.6 Å². The molecule has 1 aliphatic heterocycles. The first-order valence-corrected chi connectivity index (χ1v) is 13.6. The van der Waals surface area contributed by atoms with Gasteiger partial charge >= 0.3 is 0 Å². The summed E-state index contributed by atoms with van der Waals surface area (Å²) in [4.78, 5) is 18.5. The summed E-state index contributed by atoms with van der Waals surface area (Å²) in [6, 6.07) is 7.61. The summed E-state index contributed by atoms with van der Waals surface area (Å²) in [5.74, 6) is 6.35. The van der Waals surface area contributed by atoms with Gasteiger partial charge in [0.15, 0.2) is 0 Å². The number of carbonyl (C=O) groups is 1. The zero-order chi connectivity index (χ0) is 26.5. The lowest BCUT2D eigenvalue weighted by Crippen LogP contribution is -2.50. The molecule has 3 atom stereocenters. The van der Waals surface area contributed by atoms with Crippen LogP contribution < -0.4 is 4.74 Å². The van der Waals surface area contributed by atoms with Crippen LogP contribution in [0.3, 0.4) is 0 Å². The van der Waals surface area contributed by atoms with Crippen molar-refractivity contribution in [1.29, 1.82) is 0 Å². The minimum atomic E-state index is -3.94. The zero-order valence-electron chi connectivity index (χ0n) is 21.5. The molecule has 0 unspecified atom stereocenters. The smallest absolute Gasteiger partial charge is 0.255 e. The summed E-state index contributed by atoms with van der Waals surface area (Å²) in [6.07, 6.45) is 3.33. The van der Waals surface area contributed by atoms with E-state index in [-0.39, 0.29) is 42.2 Å². The number of ether oxygens (including phenoxy) is 1. The van der Waals surface area contributed by atoms with Gasteiger partial charge in [0.2, 0.25) is 10.0 Å². The standard InChI is InChI=1S/C27H35N3O5S/c1-19(2)8-6-9-22-11-12-26-24(14-22)35-25(17-29(5)27(32)23-10-7-13-28-15-23)20(3)16-30(21(4)18-31)36(26,33)34/h7,10-15,19-21,25,31H,8,16-18H2,1-5H3/t20-,21-,25+/m0/s1. The number of aliphatic hydroxyl groups excluding tert-OH is 1. The highest BCUT2D eigenvalue weighted by molar-refractivity contribution is 7.89. The highest BCUT2D eigenvalue weighted by Crippen LogP contribution is 2.34. The van der Waals surface area contributed by atoms with Gasteiger partial charge in [-0.25, -0.2) is 8.42 Å². The van der Waals surface area contributed by atoms with Gasteiger partial charge in [0.25, 0.3) is 5.91 Å². The topological polar surface area (TPSA) is 100 Å². The summed E-state index contributed by atoms with van der Waals surface area (Å²) < 4.78 is 34.8. The molecule has 8 nitrogen and oxygen atoms in total. The highest BCUT2D eigenvalue weighted by Gasteiger charge is 2.38. The monoisotopic (exact) mass is 513 g/mol. The number of rotatable bonds is 6. The van der Waals surface area contributed by atoms with Crippen LogP contribution in [0.2, 0.25) is 0 Å². The Morgan fingerprint density at radius 2 is 2.06 bits per heavy atom. The van der Waals surface area contributed by atoms with Crippen LogP contribution in [0, 0.1) is 23.7 Å². The van der Waals surface area contributed by atoms with E-state index in [9.17, 15) is 18.3 Å². The lowest BCUT2D eigenvalue weighted by atomic mass is 10.0. The van der Waals surface area contributed by atoms with Crippen LogP contribution in [0.5, 0.6) is 5.75 Å². The number of amides is 1. The van der Waals surface area contributed by atoms with Crippen molar-refractivity contribution in [2.45, 2.75) is 51.2 Å². The fourth-order valence-corrected chi connectivity index (χ4v) is 5.77. The summed E-state index contributed by atoms with van der Waals surface area (Å²) in [6.45, 7) is 7.78. The molecule has 1 aromatic carbocycles. The van der Waals surface area contributed by atoms with Gasteiger partial charge in [0.1, 0.15) is 16.7 Å². The Morgan fingerprint density at radius 1 is 1.31 bits per heavy atom. The van der Waals surface area contributed by atoms with Crippen LogP contribution in [-0.2, 0) is 10.0 Å². The maximum absolute atomic E-state index is 13.6. The summed E-state index contributed by atoms with van der Waals surface area (Å²) >= 11 is 0. The number of likely N-dealkylation sites (N-methyl/N-ethyl adjacent to an activating group) is 1. The Balaban J connectivity index is 2.00. The fourth-order valence-electron chi connectivity index (χ4n) is 3.94. The Bertz CT molecular complexity index is 1220. The van der Waals surface area contributed by atoms with Crippen molar-refractivity contribution in [3.8, 4) is 17.6 Å². The molecule has 0 radical (unpaired) electrons. The molecule has 0 bridgehead atoms. The van der Waals surface area contributed by atoms with E-state index in [0.29, 0.717) is 17.0 Å². The average Bonchev–Trinajstić information content (AvgIpc) is 2.85. The largest absolute Gasteiger partial charge is 0.487 e. The normalized spacial score (nSPS) is 20.2. The average molecular weight is 514 g/mol. The molecule has 0 fully saturated rings. The lowest BCUT2D eigenvalue weighted by molar-refractivity contribution is 0.0563. The van der Waals surface area contributed by atoms with E-state index in [4.69, 9.17) is 4.74 Å². The highest BCUT2D eigenvalue weighted by atomic mass is 32.2. The third kappa shape index (κ3) is 6.44. The fraction of sp³-hybridized carbons (Fsp3) is 0.481. The number of sulfonamides is 1. The van der Waals surface area contributed by atoms with Crippen LogP contribution in [0.15, 0.2) is 47.6 Å². The van der Waals surface area contributed by atoms with Crippen molar-refractivity contribution in [2.24, 2.45) is 11.8 Å². The van der Waals surface area contributed by atoms with Crippen molar-refractivity contribution < 1.29 is 23.1 Å². The Hall–Kier alpha value is -2.93. The molecule has 3 rings (SSSR count). The number of fused-ring (bicyclic) bond motifs is 1. The molecule has 2 heterocycles. The number of carbonyl (C=O) groups excluding carboxylic acids is 1. The van der Waals surface area contributed by atoms with Gasteiger partial charge in [-0.05, 0) is 43.2 Å². The second-order valence-corrected chi connectivity index (χ2v) is 11.6. The van der Waals surface area contributed by atoms with Crippen LogP contribution in [-0.4, -0.2) is 72.5 Å². The molecule has 36 heavy (non-hydrogen) atoms. The SMILES string of the molecule is CC(C)CC#Cc1ccc2c(c1)O[C@H](CN(C)C(=O)c1cccnc1)[C@@H](C)CN([C@@H](C)CO)S2(=O)=O. The third-order valence-electron chi connectivity index (χ3n) is 6.12. The summed E-state index contributed by atoms with van der Waals surface area (Å²) in [5.41, 5.74) is 1.11. The summed E-state index contributed by atoms with van der Waals surface area (Å²) in [5, 5.41) is 9.80. The lowest BCUT2D eigenvalue weighted by Gasteiger charge is -2.37. The first-order chi connectivity index (χ1) is 17.0. The molecule has 0 spiro atoms. The van der Waals surface area contributed by atoms with Crippen LogP contribution in [0.25, 0.3) is 0 Å². The summed E-state index contributed by atoms with van der Waals surface area (Å²) in [7, 11) is -2.25. The van der Waals surface area contributed by atoms with Gasteiger partial charge in [0.05, 0.1) is 18.7 Å². The molecule has 0 saturated carbocycles. The predicted octanol–water partition coefficient (Wildman–Crippen LogP) is 3.02. The van der Waals surface area contributed by atoms with Crippen molar-refractivity contribution in [1.82, 2.24) is 14.2 Å². The van der Waals surface area contributed by atoms with E-state index in [1.165, 1.54) is 16.6 Å². The van der Waals surface area contributed by atoms with E-state index < -0.39 is 22.2 Å². The number of aliphatic hydroxyl groups is 1. The molecule has 1 aromatic heterocycles. The molecule has 2 aromatic rings. The number of pyridine rings is 1. The maximum atomic E-state index is 13.6. The molecule has 194 valence electrons. The minimum Gasteiger partial charge on any atom is -0.487 e. The number of hydrogen-bond acceptors (Lipinski definition) is 6. The quantitative estimate of drug-likeness (QED) is 0.596. The zero-order valence-corrected chi connectivity index (χ0v) is 22.3. The molecule has 1 N–H and O–H groups in total. The van der Waals surface area contributed by atoms with Gasteiger partial charge in [-0.2, -0.15) is 4.31 Å². The molecule has 1 aliphatic rings. The molecular formula is C27H35N3O5S. The van der Waals surface area contributed by atoms with Crippen LogP contribution in [0.4, 0.5) is 0 Å². The predicted molar refractivity (Wildman–Crippen MR) is 138 cm³/mol. The van der Waals surface area contributed by atoms with E-state index in [1.54, 1.807) is 49.3 Å². The second-order valence-electron chi connectivity index (χ2n) is 9.73. The van der Waals surface area contributed by atoms with Crippen LogP contribution in [0.1, 0.15) is 50.0 Å². The number of aromatic nitrogens is 1. The van der Waals surface area contributed by atoms with Crippen molar-refractivity contribution in [3.05, 3.63) is 53.9 Å². The first-order valence-electron chi connectivity index (χ1n) is 12.1. The van der Waals surface area contributed by atoms with Gasteiger partial charge in [-0.3, -0.25) is 9.78 Å². The molecule has 1 amide bonds. The first kappa shape index (κ1) is 27.7.